The number of allylic oxidation sites excluding steroid dienone is 4. The van der Waals surface area contributed by atoms with Gasteiger partial charge in [-0.15, -0.1) is 0 Å². The molecule has 0 spiro atoms. The van der Waals surface area contributed by atoms with Crippen LogP contribution < -0.4 is 0 Å². The molecule has 1 saturated carbocycles. The zero-order valence-electron chi connectivity index (χ0n) is 9.06. The molecule has 0 aromatic rings. The predicted octanol–water partition coefficient (Wildman–Crippen LogP) is 3.92. The molecule has 72 valence electrons. The minimum Gasteiger partial charge on any atom is -0.0775 e. The Kier molecular flexibility index (Phi) is 2.23. The fourth-order valence-electron chi connectivity index (χ4n) is 2.64. The predicted molar refractivity (Wildman–Crippen MR) is 61.5 cm³/mol. The van der Waals surface area contributed by atoms with E-state index in [1.807, 2.05) is 5.57 Å². The van der Waals surface area contributed by atoms with Crippen LogP contribution in [0.1, 0.15) is 25.7 Å². The van der Waals surface area contributed by atoms with Crippen LogP contribution >= 0.6 is 0 Å². The first kappa shape index (κ1) is 9.26. The number of hydrogen-bond acceptors (Lipinski definition) is 0. The standard InChI is InChI=1S/C12H20Si/c1-13(2,3)12-9-8-10-6-4-5-7-11(10)12/h8-10H,4-7H2,1-3H3. The van der Waals surface area contributed by atoms with Gasteiger partial charge in [0, 0.05) is 0 Å². The van der Waals surface area contributed by atoms with Gasteiger partial charge in [-0.3, -0.25) is 0 Å². The zero-order chi connectivity index (χ0) is 9.47. The maximum Gasteiger partial charge on any atom is 0.0775 e. The lowest BCUT2D eigenvalue weighted by atomic mass is 9.87. The van der Waals surface area contributed by atoms with Gasteiger partial charge in [-0.25, -0.2) is 0 Å². The van der Waals surface area contributed by atoms with Crippen LogP contribution in [-0.4, -0.2) is 8.07 Å². The first-order chi connectivity index (χ1) is 6.09. The maximum atomic E-state index is 2.47. The molecule has 0 bridgehead atoms. The lowest BCUT2D eigenvalue weighted by Crippen LogP contribution is -2.24. The van der Waals surface area contributed by atoms with Gasteiger partial charge in [0.2, 0.25) is 0 Å². The van der Waals surface area contributed by atoms with Crippen molar-refractivity contribution in [2.75, 3.05) is 0 Å². The van der Waals surface area contributed by atoms with E-state index in [1.54, 1.807) is 5.20 Å². The fourth-order valence-corrected chi connectivity index (χ4v) is 4.51. The second-order valence-electron chi connectivity index (χ2n) is 5.40. The molecule has 13 heavy (non-hydrogen) atoms. The quantitative estimate of drug-likeness (QED) is 0.552. The fraction of sp³-hybridized carbons (Fsp3) is 0.667. The van der Waals surface area contributed by atoms with Gasteiger partial charge in [0.05, 0.1) is 8.07 Å². The average Bonchev–Trinajstić information content (AvgIpc) is 2.45. The van der Waals surface area contributed by atoms with Crippen LogP contribution in [-0.2, 0) is 0 Å². The van der Waals surface area contributed by atoms with E-state index in [1.165, 1.54) is 25.7 Å². The van der Waals surface area contributed by atoms with Crippen LogP contribution in [0.5, 0.6) is 0 Å². The highest BCUT2D eigenvalue weighted by Crippen LogP contribution is 2.40. The van der Waals surface area contributed by atoms with Crippen LogP contribution in [0, 0.1) is 5.92 Å². The molecule has 0 saturated heterocycles. The summed E-state index contributed by atoms with van der Waals surface area (Å²) in [5, 5.41) is 1.76. The molecule has 1 atom stereocenters. The minimum atomic E-state index is -1.04. The minimum absolute atomic E-state index is 0.843. The molecule has 2 rings (SSSR count). The summed E-state index contributed by atoms with van der Waals surface area (Å²) in [4.78, 5) is 0. The van der Waals surface area contributed by atoms with Gasteiger partial charge in [-0.05, 0) is 25.2 Å². The number of fused-ring (bicyclic) bond motifs is 1. The van der Waals surface area contributed by atoms with Crippen molar-refractivity contribution in [2.24, 2.45) is 5.92 Å². The van der Waals surface area contributed by atoms with Gasteiger partial charge in [-0.2, -0.15) is 0 Å². The molecule has 1 unspecified atom stereocenters. The zero-order valence-corrected chi connectivity index (χ0v) is 10.1. The van der Waals surface area contributed by atoms with E-state index in [2.05, 4.69) is 31.8 Å². The van der Waals surface area contributed by atoms with Crippen LogP contribution in [0.15, 0.2) is 22.9 Å². The van der Waals surface area contributed by atoms with Crippen LogP contribution in [0.3, 0.4) is 0 Å². The topological polar surface area (TPSA) is 0 Å². The van der Waals surface area contributed by atoms with Crippen molar-refractivity contribution < 1.29 is 0 Å². The van der Waals surface area contributed by atoms with Gasteiger partial charge in [0.25, 0.3) is 0 Å². The molecule has 1 heteroatoms. The van der Waals surface area contributed by atoms with E-state index in [9.17, 15) is 0 Å². The Morgan fingerprint density at radius 3 is 2.69 bits per heavy atom. The van der Waals surface area contributed by atoms with Crippen molar-refractivity contribution in [1.82, 2.24) is 0 Å². The second kappa shape index (κ2) is 3.12. The van der Waals surface area contributed by atoms with E-state index in [0.29, 0.717) is 0 Å². The molecule has 0 aliphatic heterocycles. The number of hydrogen-bond donors (Lipinski definition) is 0. The van der Waals surface area contributed by atoms with E-state index in [-0.39, 0.29) is 0 Å². The Morgan fingerprint density at radius 2 is 2.00 bits per heavy atom. The summed E-state index contributed by atoms with van der Waals surface area (Å²) in [6, 6.07) is 0. The van der Waals surface area contributed by atoms with E-state index in [0.717, 1.165) is 5.92 Å². The summed E-state index contributed by atoms with van der Waals surface area (Å²) in [5.74, 6) is 0.843. The van der Waals surface area contributed by atoms with Crippen LogP contribution in [0.25, 0.3) is 0 Å². The van der Waals surface area contributed by atoms with E-state index >= 15 is 0 Å². The van der Waals surface area contributed by atoms with Crippen molar-refractivity contribution in [1.29, 1.82) is 0 Å². The van der Waals surface area contributed by atoms with Crippen molar-refractivity contribution >= 4 is 8.07 Å². The monoisotopic (exact) mass is 192 g/mol. The first-order valence-corrected chi connectivity index (χ1v) is 9.01. The largest absolute Gasteiger partial charge is 0.0775 e. The summed E-state index contributed by atoms with van der Waals surface area (Å²) in [5.41, 5.74) is 1.81. The third-order valence-corrected chi connectivity index (χ3v) is 5.41. The molecule has 1 fully saturated rings. The summed E-state index contributed by atoms with van der Waals surface area (Å²) >= 11 is 0. The highest BCUT2D eigenvalue weighted by Gasteiger charge is 2.29. The summed E-state index contributed by atoms with van der Waals surface area (Å²) in [7, 11) is -1.04. The molecule has 2 aliphatic rings. The molecule has 2 aliphatic carbocycles. The third kappa shape index (κ3) is 1.67. The molecular formula is C12H20Si. The summed E-state index contributed by atoms with van der Waals surface area (Å²) in [6.07, 6.45) is 10.6. The maximum absolute atomic E-state index is 2.47. The van der Waals surface area contributed by atoms with Crippen LogP contribution in [0.4, 0.5) is 0 Å². The molecule has 0 radical (unpaired) electrons. The Bertz CT molecular complexity index is 265. The smallest absolute Gasteiger partial charge is 0.0775 e. The van der Waals surface area contributed by atoms with E-state index in [4.69, 9.17) is 0 Å². The Morgan fingerprint density at radius 1 is 1.23 bits per heavy atom. The summed E-state index contributed by atoms with van der Waals surface area (Å²) < 4.78 is 0. The van der Waals surface area contributed by atoms with Crippen molar-refractivity contribution in [3.8, 4) is 0 Å². The Hall–Kier alpha value is -0.303. The van der Waals surface area contributed by atoms with E-state index < -0.39 is 8.07 Å². The van der Waals surface area contributed by atoms with Crippen molar-refractivity contribution in [3.63, 3.8) is 0 Å². The van der Waals surface area contributed by atoms with Gasteiger partial charge < -0.3 is 0 Å². The molecule has 0 amide bonds. The van der Waals surface area contributed by atoms with Crippen molar-refractivity contribution in [2.45, 2.75) is 45.3 Å². The van der Waals surface area contributed by atoms with Gasteiger partial charge in [0.15, 0.2) is 0 Å². The molecule has 0 aromatic carbocycles. The molecule has 0 heterocycles. The van der Waals surface area contributed by atoms with Gasteiger partial charge in [-0.1, -0.05) is 49.0 Å². The molecular weight excluding hydrogens is 172 g/mol. The first-order valence-electron chi connectivity index (χ1n) is 5.51. The lowest BCUT2D eigenvalue weighted by Gasteiger charge is -2.25. The third-order valence-electron chi connectivity index (χ3n) is 3.31. The van der Waals surface area contributed by atoms with Crippen molar-refractivity contribution in [3.05, 3.63) is 22.9 Å². The SMILES string of the molecule is C[Si](C)(C)C1=C2CCCCC2C=C1. The van der Waals surface area contributed by atoms with Gasteiger partial charge in [0.1, 0.15) is 0 Å². The summed E-state index contributed by atoms with van der Waals surface area (Å²) in [6.45, 7) is 7.41. The number of rotatable bonds is 1. The van der Waals surface area contributed by atoms with Crippen LogP contribution in [0.2, 0.25) is 19.6 Å². The Labute approximate surface area is 82.7 Å². The lowest BCUT2D eigenvalue weighted by molar-refractivity contribution is 0.524. The second-order valence-corrected chi connectivity index (χ2v) is 10.4. The highest BCUT2D eigenvalue weighted by atomic mass is 28.3. The molecule has 0 aromatic heterocycles. The highest BCUT2D eigenvalue weighted by molar-refractivity contribution is 6.84. The average molecular weight is 192 g/mol. The Balaban J connectivity index is 2.31. The molecule has 0 N–H and O–H groups in total. The normalized spacial score (nSPS) is 28.1. The molecule has 0 nitrogen and oxygen atoms in total. The van der Waals surface area contributed by atoms with Gasteiger partial charge >= 0.3 is 0 Å².